The maximum absolute atomic E-state index is 14.7. The predicted molar refractivity (Wildman–Crippen MR) is 107 cm³/mol. The summed E-state index contributed by atoms with van der Waals surface area (Å²) < 4.78 is 20.5. The van der Waals surface area contributed by atoms with Gasteiger partial charge < -0.3 is 14.9 Å². The van der Waals surface area contributed by atoms with Crippen LogP contribution >= 0.6 is 0 Å². The molecule has 0 aromatic heterocycles. The summed E-state index contributed by atoms with van der Waals surface area (Å²) >= 11 is 0. The van der Waals surface area contributed by atoms with Crippen LogP contribution < -0.4 is 0 Å². The number of benzene rings is 2. The lowest BCUT2D eigenvalue weighted by Crippen LogP contribution is -2.39. The Hall–Kier alpha value is -1.62. The molecule has 0 saturated carbocycles. The number of rotatable bonds is 4. The number of aliphatic hydroxyl groups is 2. The lowest BCUT2D eigenvalue weighted by atomic mass is 9.42. The van der Waals surface area contributed by atoms with Crippen LogP contribution in [0, 0.1) is 12.7 Å². The summed E-state index contributed by atoms with van der Waals surface area (Å²) in [5.74, 6) is -0.350. The molecule has 2 aliphatic rings. The first-order valence-electron chi connectivity index (χ1n) is 9.70. The van der Waals surface area contributed by atoms with Crippen molar-refractivity contribution in [1.82, 2.24) is 0 Å². The molecule has 1 saturated heterocycles. The van der Waals surface area contributed by atoms with Gasteiger partial charge in [-0.3, -0.25) is 0 Å². The molecular weight excluding hydrogens is 353 g/mol. The highest BCUT2D eigenvalue weighted by Crippen LogP contribution is 2.38. The Labute approximate surface area is 167 Å². The monoisotopic (exact) mass is 376 g/mol. The Morgan fingerprint density at radius 1 is 1.21 bits per heavy atom. The molecule has 0 bridgehead atoms. The van der Waals surface area contributed by atoms with Gasteiger partial charge in [0.2, 0.25) is 0 Å². The van der Waals surface area contributed by atoms with Crippen LogP contribution in [0.15, 0.2) is 30.3 Å². The van der Waals surface area contributed by atoms with E-state index in [1.54, 1.807) is 0 Å². The van der Waals surface area contributed by atoms with E-state index in [0.29, 0.717) is 31.2 Å². The average molecular weight is 376 g/mol. The zero-order chi connectivity index (χ0) is 20.1. The van der Waals surface area contributed by atoms with Crippen LogP contribution in [0.4, 0.5) is 4.39 Å². The van der Waals surface area contributed by atoms with Crippen LogP contribution in [0.1, 0.15) is 52.3 Å². The number of aliphatic hydroxyl groups excluding tert-OH is 2. The maximum Gasteiger partial charge on any atom is 0.129 e. The number of fused-ring (bicyclic) bond motifs is 1. The van der Waals surface area contributed by atoms with Gasteiger partial charge in [0, 0.05) is 18.4 Å². The van der Waals surface area contributed by atoms with E-state index in [1.165, 1.54) is 11.6 Å². The van der Waals surface area contributed by atoms with E-state index in [1.807, 2.05) is 19.1 Å². The van der Waals surface area contributed by atoms with Crippen LogP contribution in [-0.2, 0) is 22.8 Å². The molecule has 0 spiro atoms. The summed E-state index contributed by atoms with van der Waals surface area (Å²) in [7, 11) is 12.1. The van der Waals surface area contributed by atoms with Gasteiger partial charge in [-0.2, -0.15) is 0 Å². The Morgan fingerprint density at radius 2 is 2.00 bits per heavy atom. The molecule has 4 rings (SSSR count). The minimum absolute atomic E-state index is 0.192. The minimum atomic E-state index is -0.764. The van der Waals surface area contributed by atoms with Gasteiger partial charge in [0.1, 0.15) is 5.82 Å². The molecule has 6 heteroatoms. The molecule has 1 aliphatic heterocycles. The third kappa shape index (κ3) is 3.66. The molecule has 1 aliphatic carbocycles. The highest BCUT2D eigenvalue weighted by molar-refractivity contribution is 6.41. The summed E-state index contributed by atoms with van der Waals surface area (Å²) in [6.07, 6.45) is 0.317. The third-order valence-corrected chi connectivity index (χ3v) is 5.94. The van der Waals surface area contributed by atoms with Crippen LogP contribution in [0.3, 0.4) is 0 Å². The van der Waals surface area contributed by atoms with Gasteiger partial charge in [-0.05, 0) is 54.2 Å². The van der Waals surface area contributed by atoms with Crippen molar-refractivity contribution in [2.45, 2.75) is 56.1 Å². The fraction of sp³-hybridized carbons (Fsp3) is 0.455. The average Bonchev–Trinajstić information content (AvgIpc) is 2.63. The summed E-state index contributed by atoms with van der Waals surface area (Å²) in [5.41, 5.74) is 5.47. The maximum atomic E-state index is 14.7. The van der Waals surface area contributed by atoms with Crippen LogP contribution in [0.2, 0.25) is 0 Å². The van der Waals surface area contributed by atoms with E-state index in [0.717, 1.165) is 22.3 Å². The number of ether oxygens (including phenoxy) is 1. The first-order chi connectivity index (χ1) is 13.3. The second kappa shape index (κ2) is 7.33. The lowest BCUT2D eigenvalue weighted by molar-refractivity contribution is -0.114. The van der Waals surface area contributed by atoms with Crippen molar-refractivity contribution in [1.29, 1.82) is 0 Å². The van der Waals surface area contributed by atoms with E-state index >= 15 is 0 Å². The molecule has 3 atom stereocenters. The number of halogens is 1. The molecule has 142 valence electrons. The summed E-state index contributed by atoms with van der Waals surface area (Å²) in [6.45, 7) is 1.69. The predicted octanol–water partition coefficient (Wildman–Crippen LogP) is 2.34. The highest BCUT2D eigenvalue weighted by atomic mass is 19.1. The summed E-state index contributed by atoms with van der Waals surface area (Å²) in [6, 6.07) is 9.47. The van der Waals surface area contributed by atoms with Gasteiger partial charge in [-0.25, -0.2) is 4.39 Å². The van der Waals surface area contributed by atoms with Gasteiger partial charge >= 0.3 is 0 Å². The molecule has 2 aromatic rings. The molecule has 2 N–H and O–H groups in total. The zero-order valence-corrected chi connectivity index (χ0v) is 16.0. The van der Waals surface area contributed by atoms with Gasteiger partial charge in [0.25, 0.3) is 0 Å². The van der Waals surface area contributed by atoms with Crippen molar-refractivity contribution in [3.05, 3.63) is 69.5 Å². The van der Waals surface area contributed by atoms with Gasteiger partial charge in [0.15, 0.2) is 0 Å². The molecule has 1 heterocycles. The Balaban J connectivity index is 1.62. The van der Waals surface area contributed by atoms with Crippen molar-refractivity contribution in [2.24, 2.45) is 0 Å². The van der Waals surface area contributed by atoms with Crippen molar-refractivity contribution < 1.29 is 19.3 Å². The molecule has 1 fully saturated rings. The van der Waals surface area contributed by atoms with Crippen LogP contribution in [-0.4, -0.2) is 44.7 Å². The largest absolute Gasteiger partial charge is 0.394 e. The van der Waals surface area contributed by atoms with Gasteiger partial charge in [-0.15, -0.1) is 0 Å². The van der Waals surface area contributed by atoms with E-state index in [9.17, 15) is 14.6 Å². The number of aryl methyl sites for hydroxylation is 1. The van der Waals surface area contributed by atoms with Crippen LogP contribution in [0.25, 0.3) is 0 Å². The molecule has 28 heavy (non-hydrogen) atoms. The standard InChI is InChI=1S/C22H23B2FO3/c1-12-4-20(25)18(21-9-16(27)8-17(11-26)28-21)7-15(12)5-13-2-3-14-10-22(23,24)19(14)6-13/h2-4,6-7,16-17,21,26-27H,5,8-11H2,1H3. The van der Waals surface area contributed by atoms with Crippen molar-refractivity contribution >= 4 is 15.7 Å². The first kappa shape index (κ1) is 19.7. The van der Waals surface area contributed by atoms with Gasteiger partial charge in [-0.1, -0.05) is 29.0 Å². The molecule has 3 unspecified atom stereocenters. The molecule has 2 aromatic carbocycles. The Kier molecular flexibility index (Phi) is 5.15. The molecule has 0 amide bonds. The van der Waals surface area contributed by atoms with E-state index in [2.05, 4.69) is 12.1 Å². The quantitative estimate of drug-likeness (QED) is 0.806. The van der Waals surface area contributed by atoms with Crippen LogP contribution in [0.5, 0.6) is 0 Å². The smallest absolute Gasteiger partial charge is 0.129 e. The van der Waals surface area contributed by atoms with Crippen molar-refractivity contribution in [2.75, 3.05) is 6.61 Å². The van der Waals surface area contributed by atoms with E-state index in [-0.39, 0.29) is 12.4 Å². The fourth-order valence-electron chi connectivity index (χ4n) is 4.33. The molecule has 3 nitrogen and oxygen atoms in total. The highest BCUT2D eigenvalue weighted by Gasteiger charge is 2.33. The Morgan fingerprint density at radius 3 is 2.71 bits per heavy atom. The third-order valence-electron chi connectivity index (χ3n) is 5.94. The zero-order valence-electron chi connectivity index (χ0n) is 16.0. The lowest BCUT2D eigenvalue weighted by Gasteiger charge is -2.39. The van der Waals surface area contributed by atoms with Crippen molar-refractivity contribution in [3.63, 3.8) is 0 Å². The fourth-order valence-corrected chi connectivity index (χ4v) is 4.33. The normalized spacial score (nSPS) is 25.8. The minimum Gasteiger partial charge on any atom is -0.394 e. The van der Waals surface area contributed by atoms with E-state index in [4.69, 9.17) is 20.4 Å². The SMILES string of the molecule is [B]C1([B])Cc2ccc(Cc3cc(C4CC(O)CC(CO)O4)c(F)cc3C)cc21. The second-order valence-corrected chi connectivity index (χ2v) is 8.24. The molecule has 4 radical (unpaired) electrons. The Bertz CT molecular complexity index is 900. The summed E-state index contributed by atoms with van der Waals surface area (Å²) in [4.78, 5) is 0. The topological polar surface area (TPSA) is 49.7 Å². The molecular formula is C22H23B2FO3. The number of hydrogen-bond donors (Lipinski definition) is 2. The van der Waals surface area contributed by atoms with Gasteiger partial charge in [0.05, 0.1) is 40.6 Å². The van der Waals surface area contributed by atoms with E-state index < -0.39 is 23.5 Å². The van der Waals surface area contributed by atoms with Crippen molar-refractivity contribution in [3.8, 4) is 0 Å². The number of hydrogen-bond acceptors (Lipinski definition) is 3. The first-order valence-corrected chi connectivity index (χ1v) is 9.70. The second-order valence-electron chi connectivity index (χ2n) is 8.24. The summed E-state index contributed by atoms with van der Waals surface area (Å²) in [5, 5.41) is 18.7.